The lowest BCUT2D eigenvalue weighted by molar-refractivity contribution is 0.417. The molecule has 2 rings (SSSR count). The summed E-state index contributed by atoms with van der Waals surface area (Å²) in [5.41, 5.74) is 6.40. The second kappa shape index (κ2) is 3.56. The van der Waals surface area contributed by atoms with E-state index in [2.05, 4.69) is 9.97 Å². The number of nitrogen functional groups attached to an aromatic ring is 1. The molecule has 1 saturated carbocycles. The molecule has 1 aliphatic rings. The zero-order valence-corrected chi connectivity index (χ0v) is 9.08. The molecule has 82 valence electrons. The molecule has 0 unspecified atom stereocenters. The Balaban J connectivity index is 2.44. The van der Waals surface area contributed by atoms with Crippen LogP contribution < -0.4 is 16.2 Å². The molecule has 1 fully saturated rings. The van der Waals surface area contributed by atoms with E-state index >= 15 is 0 Å². The largest absolute Gasteiger partial charge is 0.383 e. The maximum absolute atomic E-state index is 11.8. The Hall–Kier alpha value is -1.52. The van der Waals surface area contributed by atoms with Crippen molar-refractivity contribution in [2.75, 3.05) is 24.7 Å². The quantitative estimate of drug-likeness (QED) is 0.749. The summed E-state index contributed by atoms with van der Waals surface area (Å²) in [7, 11) is 3.64. The number of nitrogens with zero attached hydrogens (tertiary/aromatic N) is 2. The number of H-pyrrole nitrogens is 1. The van der Waals surface area contributed by atoms with Gasteiger partial charge in [0, 0.05) is 14.1 Å². The third-order valence-corrected chi connectivity index (χ3v) is 2.91. The van der Waals surface area contributed by atoms with Crippen molar-refractivity contribution < 1.29 is 0 Å². The Morgan fingerprint density at radius 2 is 2.13 bits per heavy atom. The summed E-state index contributed by atoms with van der Waals surface area (Å²) in [4.78, 5) is 20.5. The van der Waals surface area contributed by atoms with Crippen LogP contribution in [0, 0.1) is 0 Å². The van der Waals surface area contributed by atoms with Gasteiger partial charge in [0.2, 0.25) is 5.95 Å². The molecule has 3 N–H and O–H groups in total. The van der Waals surface area contributed by atoms with Crippen molar-refractivity contribution in [2.24, 2.45) is 0 Å². The Kier molecular flexibility index (Phi) is 2.38. The molecule has 1 aromatic rings. The SMILES string of the molecule is CN(C)c1nc(N)c(C2CCC2)c(=O)[nH]1. The molecular formula is C10H16N4O. The summed E-state index contributed by atoms with van der Waals surface area (Å²) in [6.07, 6.45) is 3.28. The first-order valence-corrected chi connectivity index (χ1v) is 5.16. The van der Waals surface area contributed by atoms with Gasteiger partial charge in [-0.05, 0) is 18.8 Å². The standard InChI is InChI=1S/C10H16N4O/c1-14(2)10-12-8(11)7(9(15)13-10)6-4-3-5-6/h6H,3-5H2,1-2H3,(H3,11,12,13,15). The highest BCUT2D eigenvalue weighted by Gasteiger charge is 2.25. The van der Waals surface area contributed by atoms with E-state index in [1.807, 2.05) is 14.1 Å². The molecule has 0 atom stereocenters. The summed E-state index contributed by atoms with van der Waals surface area (Å²) in [5.74, 6) is 1.21. The van der Waals surface area contributed by atoms with E-state index in [-0.39, 0.29) is 5.56 Å². The molecule has 5 heteroatoms. The molecule has 1 heterocycles. The van der Waals surface area contributed by atoms with Crippen molar-refractivity contribution in [1.29, 1.82) is 0 Å². The van der Waals surface area contributed by atoms with Crippen molar-refractivity contribution >= 4 is 11.8 Å². The predicted octanol–water partition coefficient (Wildman–Crippen LogP) is 0.686. The van der Waals surface area contributed by atoms with Crippen LogP contribution in [0.5, 0.6) is 0 Å². The minimum Gasteiger partial charge on any atom is -0.383 e. The highest BCUT2D eigenvalue weighted by molar-refractivity contribution is 5.46. The first kappa shape index (κ1) is 10.0. The van der Waals surface area contributed by atoms with Gasteiger partial charge in [-0.25, -0.2) is 0 Å². The number of aromatic amines is 1. The molecule has 5 nitrogen and oxygen atoms in total. The number of hydrogen-bond donors (Lipinski definition) is 2. The minimum absolute atomic E-state index is 0.0871. The summed E-state index contributed by atoms with van der Waals surface area (Å²) in [5, 5.41) is 0. The lowest BCUT2D eigenvalue weighted by atomic mass is 9.80. The van der Waals surface area contributed by atoms with E-state index in [0.717, 1.165) is 12.8 Å². The second-order valence-corrected chi connectivity index (χ2v) is 4.21. The second-order valence-electron chi connectivity index (χ2n) is 4.21. The molecule has 1 aromatic heterocycles. The molecule has 0 aliphatic heterocycles. The van der Waals surface area contributed by atoms with Crippen molar-refractivity contribution in [1.82, 2.24) is 9.97 Å². The van der Waals surface area contributed by atoms with E-state index in [9.17, 15) is 4.79 Å². The van der Waals surface area contributed by atoms with Gasteiger partial charge in [0.05, 0.1) is 5.56 Å². The molecule has 15 heavy (non-hydrogen) atoms. The summed E-state index contributed by atoms with van der Waals surface area (Å²) in [6.45, 7) is 0. The van der Waals surface area contributed by atoms with Crippen LogP contribution in [0.1, 0.15) is 30.7 Å². The van der Waals surface area contributed by atoms with Crippen LogP contribution in [0.25, 0.3) is 0 Å². The van der Waals surface area contributed by atoms with E-state index in [1.54, 1.807) is 4.90 Å². The number of nitrogens with two attached hydrogens (primary N) is 1. The van der Waals surface area contributed by atoms with Crippen LogP contribution in [0.15, 0.2) is 4.79 Å². The van der Waals surface area contributed by atoms with Gasteiger partial charge in [0.25, 0.3) is 5.56 Å². The van der Waals surface area contributed by atoms with Crippen LogP contribution in [-0.4, -0.2) is 24.1 Å². The van der Waals surface area contributed by atoms with Gasteiger partial charge >= 0.3 is 0 Å². The molecule has 0 aromatic carbocycles. The fourth-order valence-electron chi connectivity index (χ4n) is 1.79. The lowest BCUT2D eigenvalue weighted by Gasteiger charge is -2.26. The summed E-state index contributed by atoms with van der Waals surface area (Å²) in [6, 6.07) is 0. The molecule has 0 amide bonds. The van der Waals surface area contributed by atoms with Crippen LogP contribution in [-0.2, 0) is 0 Å². The fraction of sp³-hybridized carbons (Fsp3) is 0.600. The summed E-state index contributed by atoms with van der Waals surface area (Å²) >= 11 is 0. The Morgan fingerprint density at radius 1 is 1.47 bits per heavy atom. The molecule has 1 aliphatic carbocycles. The average molecular weight is 208 g/mol. The highest BCUT2D eigenvalue weighted by Crippen LogP contribution is 2.36. The highest BCUT2D eigenvalue weighted by atomic mass is 16.1. The third-order valence-electron chi connectivity index (χ3n) is 2.91. The first-order chi connectivity index (χ1) is 7.09. The van der Waals surface area contributed by atoms with Crippen LogP contribution in [0.4, 0.5) is 11.8 Å². The third kappa shape index (κ3) is 1.69. The van der Waals surface area contributed by atoms with Gasteiger partial charge < -0.3 is 10.6 Å². The molecule has 0 saturated heterocycles. The van der Waals surface area contributed by atoms with Gasteiger partial charge in [0.1, 0.15) is 5.82 Å². The fourth-order valence-corrected chi connectivity index (χ4v) is 1.79. The zero-order valence-electron chi connectivity index (χ0n) is 9.08. The van der Waals surface area contributed by atoms with E-state index in [4.69, 9.17) is 5.73 Å². The van der Waals surface area contributed by atoms with Crippen LogP contribution >= 0.6 is 0 Å². The number of aromatic nitrogens is 2. The van der Waals surface area contributed by atoms with Crippen LogP contribution in [0.2, 0.25) is 0 Å². The lowest BCUT2D eigenvalue weighted by Crippen LogP contribution is -2.27. The monoisotopic (exact) mass is 208 g/mol. The van der Waals surface area contributed by atoms with E-state index in [0.29, 0.717) is 23.2 Å². The normalized spacial score (nSPS) is 16.1. The summed E-state index contributed by atoms with van der Waals surface area (Å²) < 4.78 is 0. The Labute approximate surface area is 88.3 Å². The van der Waals surface area contributed by atoms with E-state index < -0.39 is 0 Å². The van der Waals surface area contributed by atoms with Gasteiger partial charge in [-0.15, -0.1) is 0 Å². The number of nitrogens with one attached hydrogen (secondary N) is 1. The number of hydrogen-bond acceptors (Lipinski definition) is 4. The van der Waals surface area contributed by atoms with Gasteiger partial charge in [-0.1, -0.05) is 6.42 Å². The number of rotatable bonds is 2. The molecule has 0 radical (unpaired) electrons. The molecule has 0 spiro atoms. The Bertz CT molecular complexity index is 420. The maximum Gasteiger partial charge on any atom is 0.257 e. The van der Waals surface area contributed by atoms with E-state index in [1.165, 1.54) is 6.42 Å². The van der Waals surface area contributed by atoms with Crippen LogP contribution in [0.3, 0.4) is 0 Å². The van der Waals surface area contributed by atoms with Crippen molar-refractivity contribution in [3.63, 3.8) is 0 Å². The number of anilines is 2. The van der Waals surface area contributed by atoms with Crippen molar-refractivity contribution in [2.45, 2.75) is 25.2 Å². The topological polar surface area (TPSA) is 75.0 Å². The van der Waals surface area contributed by atoms with Crippen molar-refractivity contribution in [3.05, 3.63) is 15.9 Å². The molecule has 0 bridgehead atoms. The maximum atomic E-state index is 11.8. The average Bonchev–Trinajstić information content (AvgIpc) is 2.07. The van der Waals surface area contributed by atoms with Gasteiger partial charge in [-0.3, -0.25) is 9.78 Å². The minimum atomic E-state index is -0.0871. The van der Waals surface area contributed by atoms with Crippen molar-refractivity contribution in [3.8, 4) is 0 Å². The Morgan fingerprint density at radius 3 is 2.53 bits per heavy atom. The predicted molar refractivity (Wildman–Crippen MR) is 60.2 cm³/mol. The zero-order chi connectivity index (χ0) is 11.0. The van der Waals surface area contributed by atoms with Gasteiger partial charge in [-0.2, -0.15) is 4.98 Å². The first-order valence-electron chi connectivity index (χ1n) is 5.16. The molecular weight excluding hydrogens is 192 g/mol. The van der Waals surface area contributed by atoms with Gasteiger partial charge in [0.15, 0.2) is 0 Å². The smallest absolute Gasteiger partial charge is 0.257 e.